The fourth-order valence-electron chi connectivity index (χ4n) is 2.81. The molecule has 10 heteroatoms. The van der Waals surface area contributed by atoms with E-state index in [1.54, 1.807) is 20.2 Å². The zero-order chi connectivity index (χ0) is 21.3. The monoisotopic (exact) mass is 566 g/mol. The summed E-state index contributed by atoms with van der Waals surface area (Å²) in [7, 11) is -0.0142. The Labute approximate surface area is 201 Å². The van der Waals surface area contributed by atoms with E-state index in [0.717, 1.165) is 22.6 Å². The number of hydrogen-bond donors (Lipinski definition) is 2. The average molecular weight is 567 g/mol. The lowest BCUT2D eigenvalue weighted by atomic mass is 10.2. The third kappa shape index (κ3) is 7.40. The lowest BCUT2D eigenvalue weighted by Crippen LogP contribution is -2.37. The van der Waals surface area contributed by atoms with Crippen molar-refractivity contribution in [3.63, 3.8) is 0 Å². The van der Waals surface area contributed by atoms with E-state index in [0.29, 0.717) is 36.3 Å². The SMILES string of the molecule is CCN(CC)S(=O)(=O)c1ccc(CCNC(=NC)NCc2cccc(OC)c2)s1.I. The second-order valence-electron chi connectivity index (χ2n) is 6.26. The molecule has 0 fully saturated rings. The predicted molar refractivity (Wildman–Crippen MR) is 135 cm³/mol. The van der Waals surface area contributed by atoms with Crippen LogP contribution in [-0.4, -0.2) is 52.5 Å². The predicted octanol–water partition coefficient (Wildman–Crippen LogP) is 3.31. The van der Waals surface area contributed by atoms with Crippen LogP contribution in [0.25, 0.3) is 0 Å². The molecule has 168 valence electrons. The highest BCUT2D eigenvalue weighted by Crippen LogP contribution is 2.25. The second kappa shape index (κ2) is 13.1. The van der Waals surface area contributed by atoms with E-state index in [1.807, 2.05) is 44.2 Å². The van der Waals surface area contributed by atoms with Crippen molar-refractivity contribution < 1.29 is 13.2 Å². The Morgan fingerprint density at radius 2 is 1.90 bits per heavy atom. The number of methoxy groups -OCH3 is 1. The van der Waals surface area contributed by atoms with Crippen LogP contribution in [0.5, 0.6) is 5.75 Å². The van der Waals surface area contributed by atoms with Crippen LogP contribution in [0, 0.1) is 0 Å². The fourth-order valence-corrected chi connectivity index (χ4v) is 5.78. The zero-order valence-corrected chi connectivity index (χ0v) is 21.8. The number of ether oxygens (including phenoxy) is 1. The van der Waals surface area contributed by atoms with Crippen LogP contribution in [0.3, 0.4) is 0 Å². The molecule has 0 aliphatic carbocycles. The van der Waals surface area contributed by atoms with Gasteiger partial charge in [-0.25, -0.2) is 8.42 Å². The van der Waals surface area contributed by atoms with Crippen molar-refractivity contribution in [3.05, 3.63) is 46.8 Å². The molecule has 2 aromatic rings. The number of benzene rings is 1. The first-order chi connectivity index (χ1) is 13.9. The smallest absolute Gasteiger partial charge is 0.252 e. The van der Waals surface area contributed by atoms with Crippen LogP contribution in [0.4, 0.5) is 0 Å². The summed E-state index contributed by atoms with van der Waals surface area (Å²) in [6, 6.07) is 11.4. The molecule has 0 amide bonds. The third-order valence-corrected chi connectivity index (χ3v) is 8.08. The standard InChI is InChI=1S/C20H30N4O3S2.HI/c1-5-24(6-2)29(25,26)19-11-10-18(28-19)12-13-22-20(21-3)23-15-16-8-7-9-17(14-16)27-4;/h7-11,14H,5-6,12-13,15H2,1-4H3,(H2,21,22,23);1H. The van der Waals surface area contributed by atoms with E-state index in [4.69, 9.17) is 4.74 Å². The number of sulfonamides is 1. The summed E-state index contributed by atoms with van der Waals surface area (Å²) in [5.74, 6) is 1.51. The van der Waals surface area contributed by atoms with Crippen LogP contribution < -0.4 is 15.4 Å². The van der Waals surface area contributed by atoms with Gasteiger partial charge in [-0.15, -0.1) is 35.3 Å². The second-order valence-corrected chi connectivity index (χ2v) is 9.60. The minimum atomic E-state index is -3.39. The minimum Gasteiger partial charge on any atom is -0.497 e. The maximum absolute atomic E-state index is 12.6. The van der Waals surface area contributed by atoms with Crippen molar-refractivity contribution in [1.29, 1.82) is 0 Å². The molecular weight excluding hydrogens is 535 g/mol. The summed E-state index contributed by atoms with van der Waals surface area (Å²) in [5.41, 5.74) is 1.09. The molecule has 7 nitrogen and oxygen atoms in total. The Hall–Kier alpha value is -1.37. The molecule has 0 spiro atoms. The van der Waals surface area contributed by atoms with Crippen LogP contribution in [-0.2, 0) is 23.0 Å². The fraction of sp³-hybridized carbons (Fsp3) is 0.450. The van der Waals surface area contributed by atoms with Gasteiger partial charge in [0.15, 0.2) is 5.96 Å². The average Bonchev–Trinajstić information content (AvgIpc) is 3.21. The number of nitrogens with one attached hydrogen (secondary N) is 2. The van der Waals surface area contributed by atoms with Crippen molar-refractivity contribution >= 4 is 51.3 Å². The maximum Gasteiger partial charge on any atom is 0.252 e. The Morgan fingerprint density at radius 3 is 2.53 bits per heavy atom. The number of nitrogens with zero attached hydrogens (tertiary/aromatic N) is 2. The lowest BCUT2D eigenvalue weighted by Gasteiger charge is -2.16. The van der Waals surface area contributed by atoms with Gasteiger partial charge >= 0.3 is 0 Å². The summed E-state index contributed by atoms with van der Waals surface area (Å²) in [6.07, 6.45) is 0.721. The van der Waals surface area contributed by atoms with Gasteiger partial charge in [-0.3, -0.25) is 4.99 Å². The number of aliphatic imine (C=N–C) groups is 1. The highest BCUT2D eigenvalue weighted by Gasteiger charge is 2.23. The molecule has 0 unspecified atom stereocenters. The molecule has 1 aromatic heterocycles. The molecule has 0 aliphatic heterocycles. The molecule has 2 N–H and O–H groups in total. The summed E-state index contributed by atoms with van der Waals surface area (Å²) >= 11 is 1.33. The number of thiophene rings is 1. The normalized spacial score (nSPS) is 11.8. The molecule has 0 saturated heterocycles. The van der Waals surface area contributed by atoms with E-state index in [-0.39, 0.29) is 24.0 Å². The topological polar surface area (TPSA) is 83.0 Å². The molecule has 0 saturated carbocycles. The first-order valence-electron chi connectivity index (χ1n) is 9.60. The largest absolute Gasteiger partial charge is 0.497 e. The van der Waals surface area contributed by atoms with Crippen molar-refractivity contribution in [2.45, 2.75) is 31.0 Å². The van der Waals surface area contributed by atoms with Gasteiger partial charge in [-0.2, -0.15) is 4.31 Å². The molecule has 1 heterocycles. The van der Waals surface area contributed by atoms with E-state index >= 15 is 0 Å². The van der Waals surface area contributed by atoms with Crippen molar-refractivity contribution in [2.75, 3.05) is 33.8 Å². The minimum absolute atomic E-state index is 0. The zero-order valence-electron chi connectivity index (χ0n) is 17.8. The Morgan fingerprint density at radius 1 is 1.17 bits per heavy atom. The van der Waals surface area contributed by atoms with E-state index in [9.17, 15) is 8.42 Å². The van der Waals surface area contributed by atoms with Gasteiger partial charge in [0, 0.05) is 38.1 Å². The van der Waals surface area contributed by atoms with Gasteiger partial charge < -0.3 is 15.4 Å². The number of halogens is 1. The number of guanidine groups is 1. The van der Waals surface area contributed by atoms with Gasteiger partial charge in [0.1, 0.15) is 9.96 Å². The van der Waals surface area contributed by atoms with Gasteiger partial charge in [0.05, 0.1) is 7.11 Å². The quantitative estimate of drug-likeness (QED) is 0.262. The van der Waals surface area contributed by atoms with Crippen molar-refractivity contribution in [3.8, 4) is 5.75 Å². The molecule has 0 radical (unpaired) electrons. The van der Waals surface area contributed by atoms with E-state index in [1.165, 1.54) is 15.6 Å². The molecule has 30 heavy (non-hydrogen) atoms. The Bertz CT molecular complexity index is 912. The van der Waals surface area contributed by atoms with E-state index < -0.39 is 10.0 Å². The summed E-state index contributed by atoms with van der Waals surface area (Å²) < 4.78 is 32.3. The lowest BCUT2D eigenvalue weighted by molar-refractivity contribution is 0.414. The number of rotatable bonds is 10. The van der Waals surface area contributed by atoms with Crippen LogP contribution in [0.2, 0.25) is 0 Å². The molecular formula is C20H31IN4O3S2. The Balaban J connectivity index is 0.00000450. The van der Waals surface area contributed by atoms with Crippen LogP contribution >= 0.6 is 35.3 Å². The van der Waals surface area contributed by atoms with Crippen LogP contribution in [0.15, 0.2) is 45.6 Å². The van der Waals surface area contributed by atoms with Crippen LogP contribution in [0.1, 0.15) is 24.3 Å². The van der Waals surface area contributed by atoms with Gasteiger partial charge in [-0.05, 0) is 36.2 Å². The summed E-state index contributed by atoms with van der Waals surface area (Å²) in [5, 5.41) is 6.53. The van der Waals surface area contributed by atoms with Gasteiger partial charge in [0.2, 0.25) is 0 Å². The van der Waals surface area contributed by atoms with Crippen molar-refractivity contribution in [2.24, 2.45) is 4.99 Å². The van der Waals surface area contributed by atoms with E-state index in [2.05, 4.69) is 15.6 Å². The summed E-state index contributed by atoms with van der Waals surface area (Å²) in [4.78, 5) is 5.25. The van der Waals surface area contributed by atoms with Crippen molar-refractivity contribution in [1.82, 2.24) is 14.9 Å². The molecule has 1 aromatic carbocycles. The van der Waals surface area contributed by atoms with Gasteiger partial charge in [-0.1, -0.05) is 26.0 Å². The molecule has 0 atom stereocenters. The highest BCUT2D eigenvalue weighted by molar-refractivity contribution is 14.0. The summed E-state index contributed by atoms with van der Waals surface area (Å²) in [6.45, 7) is 5.93. The first-order valence-corrected chi connectivity index (χ1v) is 11.9. The molecule has 0 aliphatic rings. The Kier molecular flexibility index (Phi) is 11.7. The first kappa shape index (κ1) is 26.7. The molecule has 2 rings (SSSR count). The van der Waals surface area contributed by atoms with Gasteiger partial charge in [0.25, 0.3) is 10.0 Å². The molecule has 0 bridgehead atoms. The third-order valence-electron chi connectivity index (χ3n) is 4.42. The maximum atomic E-state index is 12.6. The highest BCUT2D eigenvalue weighted by atomic mass is 127. The number of hydrogen-bond acceptors (Lipinski definition) is 5.